The van der Waals surface area contributed by atoms with Crippen LogP contribution < -0.4 is 0 Å². The molecule has 0 saturated carbocycles. The SMILES string of the molecule is O=C(O)c1nc(-c2cccs2)oc1-c1ccc(I)cc1. The molecule has 0 amide bonds. The molecule has 0 radical (unpaired) electrons. The monoisotopic (exact) mass is 397 g/mol. The van der Waals surface area contributed by atoms with Gasteiger partial charge < -0.3 is 9.52 Å². The lowest BCUT2D eigenvalue weighted by Gasteiger charge is -1.98. The third-order valence-corrected chi connectivity index (χ3v) is 4.25. The Morgan fingerprint density at radius 2 is 2.00 bits per heavy atom. The number of carboxylic acids is 1. The molecule has 0 aliphatic heterocycles. The minimum Gasteiger partial charge on any atom is -0.476 e. The first-order valence-corrected chi connectivity index (χ1v) is 7.65. The summed E-state index contributed by atoms with van der Waals surface area (Å²) < 4.78 is 6.73. The third-order valence-electron chi connectivity index (χ3n) is 2.67. The fourth-order valence-corrected chi connectivity index (χ4v) is 2.78. The Labute approximate surface area is 132 Å². The van der Waals surface area contributed by atoms with Crippen molar-refractivity contribution in [2.45, 2.75) is 0 Å². The van der Waals surface area contributed by atoms with Crippen LogP contribution in [0.3, 0.4) is 0 Å². The van der Waals surface area contributed by atoms with Crippen LogP contribution in [-0.2, 0) is 0 Å². The van der Waals surface area contributed by atoms with E-state index >= 15 is 0 Å². The van der Waals surface area contributed by atoms with Gasteiger partial charge in [0, 0.05) is 9.13 Å². The van der Waals surface area contributed by atoms with Crippen molar-refractivity contribution in [1.82, 2.24) is 4.98 Å². The van der Waals surface area contributed by atoms with E-state index in [0.717, 1.165) is 8.45 Å². The highest BCUT2D eigenvalue weighted by molar-refractivity contribution is 14.1. The number of hydrogen-bond acceptors (Lipinski definition) is 4. The van der Waals surface area contributed by atoms with Crippen LogP contribution in [-0.4, -0.2) is 16.1 Å². The molecule has 0 unspecified atom stereocenters. The van der Waals surface area contributed by atoms with Crippen LogP contribution in [0.1, 0.15) is 10.5 Å². The Balaban J connectivity index is 2.14. The zero-order chi connectivity index (χ0) is 14.1. The number of carboxylic acid groups (broad SMARTS) is 1. The van der Waals surface area contributed by atoms with Crippen LogP contribution in [0.4, 0.5) is 0 Å². The molecule has 2 heterocycles. The summed E-state index contributed by atoms with van der Waals surface area (Å²) in [6, 6.07) is 11.2. The number of oxazole rings is 1. The second-order valence-electron chi connectivity index (χ2n) is 3.99. The highest BCUT2D eigenvalue weighted by Crippen LogP contribution is 2.32. The largest absolute Gasteiger partial charge is 0.476 e. The molecule has 0 saturated heterocycles. The summed E-state index contributed by atoms with van der Waals surface area (Å²) in [6.45, 7) is 0. The standard InChI is InChI=1S/C14H8INO3S/c15-9-5-3-8(4-6-9)12-11(14(17)18)16-13(19-12)10-2-1-7-20-10/h1-7H,(H,17,18). The van der Waals surface area contributed by atoms with Gasteiger partial charge in [-0.2, -0.15) is 0 Å². The van der Waals surface area contributed by atoms with Crippen LogP contribution in [0.25, 0.3) is 22.1 Å². The van der Waals surface area contributed by atoms with Crippen molar-refractivity contribution < 1.29 is 14.3 Å². The molecule has 1 aromatic carbocycles. The number of halogens is 1. The van der Waals surface area contributed by atoms with Crippen molar-refractivity contribution in [3.63, 3.8) is 0 Å². The second-order valence-corrected chi connectivity index (χ2v) is 6.18. The van der Waals surface area contributed by atoms with Gasteiger partial charge in [0.2, 0.25) is 5.89 Å². The average Bonchev–Trinajstić information content (AvgIpc) is 3.08. The first kappa shape index (κ1) is 13.3. The maximum Gasteiger partial charge on any atom is 0.358 e. The molecule has 0 aliphatic rings. The first-order chi connectivity index (χ1) is 9.65. The van der Waals surface area contributed by atoms with E-state index in [0.29, 0.717) is 11.5 Å². The predicted molar refractivity (Wildman–Crippen MR) is 84.9 cm³/mol. The first-order valence-electron chi connectivity index (χ1n) is 5.69. The molecule has 20 heavy (non-hydrogen) atoms. The normalized spacial score (nSPS) is 10.7. The summed E-state index contributed by atoms with van der Waals surface area (Å²) in [4.78, 5) is 16.2. The fraction of sp³-hybridized carbons (Fsp3) is 0. The maximum atomic E-state index is 11.3. The summed E-state index contributed by atoms with van der Waals surface area (Å²) in [5, 5.41) is 11.2. The van der Waals surface area contributed by atoms with Gasteiger partial charge in [-0.05, 0) is 46.2 Å². The lowest BCUT2D eigenvalue weighted by Crippen LogP contribution is -1.98. The molecule has 0 aliphatic carbocycles. The molecule has 0 spiro atoms. The minimum absolute atomic E-state index is 0.0605. The van der Waals surface area contributed by atoms with Crippen LogP contribution >= 0.6 is 33.9 Å². The molecule has 3 rings (SSSR count). The van der Waals surface area contributed by atoms with E-state index in [1.165, 1.54) is 11.3 Å². The van der Waals surface area contributed by atoms with Crippen molar-refractivity contribution in [2.75, 3.05) is 0 Å². The zero-order valence-corrected chi connectivity index (χ0v) is 13.0. The smallest absolute Gasteiger partial charge is 0.358 e. The van der Waals surface area contributed by atoms with E-state index in [1.807, 2.05) is 41.8 Å². The number of thiophene rings is 1. The molecule has 6 heteroatoms. The highest BCUT2D eigenvalue weighted by atomic mass is 127. The van der Waals surface area contributed by atoms with Gasteiger partial charge in [0.1, 0.15) is 0 Å². The lowest BCUT2D eigenvalue weighted by molar-refractivity contribution is 0.0691. The molecular formula is C14H8INO3S. The molecule has 100 valence electrons. The van der Waals surface area contributed by atoms with Crippen molar-refractivity contribution in [2.24, 2.45) is 0 Å². The molecule has 3 aromatic rings. The quantitative estimate of drug-likeness (QED) is 0.667. The van der Waals surface area contributed by atoms with Crippen LogP contribution in [0.2, 0.25) is 0 Å². The highest BCUT2D eigenvalue weighted by Gasteiger charge is 2.21. The fourth-order valence-electron chi connectivity index (χ4n) is 1.77. The number of hydrogen-bond donors (Lipinski definition) is 1. The molecule has 2 aromatic heterocycles. The Bertz CT molecular complexity index is 747. The summed E-state index contributed by atoms with van der Waals surface area (Å²) in [7, 11) is 0. The number of nitrogens with zero attached hydrogens (tertiary/aromatic N) is 1. The topological polar surface area (TPSA) is 63.3 Å². The molecule has 4 nitrogen and oxygen atoms in total. The number of carbonyl (C=O) groups is 1. The van der Waals surface area contributed by atoms with E-state index in [4.69, 9.17) is 4.42 Å². The van der Waals surface area contributed by atoms with Crippen LogP contribution in [0.5, 0.6) is 0 Å². The van der Waals surface area contributed by atoms with E-state index in [9.17, 15) is 9.90 Å². The summed E-state index contributed by atoms with van der Waals surface area (Å²) in [5.74, 6) is -0.464. The summed E-state index contributed by atoms with van der Waals surface area (Å²) >= 11 is 3.65. The number of rotatable bonds is 3. The minimum atomic E-state index is -1.09. The molecule has 0 atom stereocenters. The Hall–Kier alpha value is -1.67. The molecule has 0 bridgehead atoms. The summed E-state index contributed by atoms with van der Waals surface area (Å²) in [5.41, 5.74) is 0.646. The molecule has 1 N–H and O–H groups in total. The third kappa shape index (κ3) is 2.48. The van der Waals surface area contributed by atoms with Gasteiger partial charge in [-0.1, -0.05) is 18.2 Å². The van der Waals surface area contributed by atoms with E-state index < -0.39 is 5.97 Å². The van der Waals surface area contributed by atoms with Crippen molar-refractivity contribution in [3.8, 4) is 22.1 Å². The number of aromatic nitrogens is 1. The van der Waals surface area contributed by atoms with E-state index in [1.54, 1.807) is 0 Å². The van der Waals surface area contributed by atoms with Crippen molar-refractivity contribution in [3.05, 3.63) is 51.0 Å². The van der Waals surface area contributed by atoms with Crippen LogP contribution in [0.15, 0.2) is 46.2 Å². The number of aromatic carboxylic acids is 1. The van der Waals surface area contributed by atoms with Crippen LogP contribution in [0, 0.1) is 3.57 Å². The van der Waals surface area contributed by atoms with Gasteiger partial charge in [-0.3, -0.25) is 0 Å². The molecular weight excluding hydrogens is 389 g/mol. The maximum absolute atomic E-state index is 11.3. The second kappa shape index (κ2) is 5.37. The van der Waals surface area contributed by atoms with Crippen molar-refractivity contribution in [1.29, 1.82) is 0 Å². The van der Waals surface area contributed by atoms with Gasteiger partial charge in [-0.15, -0.1) is 11.3 Å². The number of benzene rings is 1. The van der Waals surface area contributed by atoms with Crippen molar-refractivity contribution >= 4 is 39.9 Å². The Kier molecular flexibility index (Phi) is 3.58. The van der Waals surface area contributed by atoms with Gasteiger partial charge in [0.25, 0.3) is 0 Å². The van der Waals surface area contributed by atoms with Gasteiger partial charge >= 0.3 is 5.97 Å². The summed E-state index contributed by atoms with van der Waals surface area (Å²) in [6.07, 6.45) is 0. The molecule has 0 fully saturated rings. The van der Waals surface area contributed by atoms with E-state index in [-0.39, 0.29) is 11.5 Å². The van der Waals surface area contributed by atoms with Gasteiger partial charge in [0.05, 0.1) is 4.88 Å². The zero-order valence-electron chi connectivity index (χ0n) is 10.0. The van der Waals surface area contributed by atoms with E-state index in [2.05, 4.69) is 27.6 Å². The van der Waals surface area contributed by atoms with Gasteiger partial charge in [-0.25, -0.2) is 9.78 Å². The van der Waals surface area contributed by atoms with Gasteiger partial charge in [0.15, 0.2) is 11.5 Å². The lowest BCUT2D eigenvalue weighted by atomic mass is 10.1. The predicted octanol–water partition coefficient (Wildman–Crippen LogP) is 4.37. The average molecular weight is 397 g/mol. The Morgan fingerprint density at radius 1 is 1.25 bits per heavy atom. The Morgan fingerprint density at radius 3 is 2.60 bits per heavy atom.